The lowest BCUT2D eigenvalue weighted by atomic mass is 10.0. The van der Waals surface area contributed by atoms with Crippen molar-refractivity contribution in [2.24, 2.45) is 0 Å². The zero-order valence-corrected chi connectivity index (χ0v) is 21.3. The van der Waals surface area contributed by atoms with Gasteiger partial charge in [0.1, 0.15) is 0 Å². The monoisotopic (exact) mass is 490 g/mol. The molecule has 2 N–H and O–H groups in total. The lowest BCUT2D eigenvalue weighted by molar-refractivity contribution is 1.31. The van der Waals surface area contributed by atoms with Gasteiger partial charge in [0, 0.05) is 33.2 Å². The molecule has 0 spiro atoms. The van der Waals surface area contributed by atoms with E-state index in [9.17, 15) is 0 Å². The minimum atomic E-state index is 0.911. The van der Waals surface area contributed by atoms with Crippen LogP contribution in [0.4, 0.5) is 0 Å². The molecule has 4 nitrogen and oxygen atoms in total. The number of aryl methyl sites for hydroxylation is 2. The van der Waals surface area contributed by atoms with Gasteiger partial charge in [-0.15, -0.1) is 0 Å². The van der Waals surface area contributed by atoms with Gasteiger partial charge < -0.3 is 9.97 Å². The van der Waals surface area contributed by atoms with E-state index in [1.165, 1.54) is 11.1 Å². The van der Waals surface area contributed by atoms with E-state index >= 15 is 0 Å². The largest absolute Gasteiger partial charge is 0.355 e. The Morgan fingerprint density at radius 2 is 0.895 bits per heavy atom. The molecule has 0 fully saturated rings. The number of benzene rings is 2. The second-order valence-corrected chi connectivity index (χ2v) is 9.94. The number of hydrogen-bond donors (Lipinski definition) is 2. The van der Waals surface area contributed by atoms with Gasteiger partial charge in [0.25, 0.3) is 0 Å². The molecule has 0 aliphatic carbocycles. The number of aromatic amines is 2. The molecule has 0 amide bonds. The average Bonchev–Trinajstić information content (AvgIpc) is 3.72. The first kappa shape index (κ1) is 22.3. The van der Waals surface area contributed by atoms with Gasteiger partial charge in [-0.05, 0) is 85.7 Å². The minimum Gasteiger partial charge on any atom is -0.355 e. The molecule has 0 saturated carbocycles. The third kappa shape index (κ3) is 4.06. The van der Waals surface area contributed by atoms with Crippen molar-refractivity contribution in [3.63, 3.8) is 0 Å². The molecule has 38 heavy (non-hydrogen) atoms. The van der Waals surface area contributed by atoms with Crippen LogP contribution in [-0.4, -0.2) is 19.9 Å². The number of hydrogen-bond acceptors (Lipinski definition) is 2. The molecule has 5 aromatic rings. The van der Waals surface area contributed by atoms with Crippen molar-refractivity contribution in [3.05, 3.63) is 119 Å². The molecule has 5 heterocycles. The Bertz CT molecular complexity index is 1770. The second kappa shape index (κ2) is 8.86. The van der Waals surface area contributed by atoms with Crippen LogP contribution in [0.5, 0.6) is 0 Å². The Morgan fingerprint density at radius 3 is 1.32 bits per heavy atom. The van der Waals surface area contributed by atoms with E-state index in [0.717, 1.165) is 67.1 Å². The number of H-pyrrole nitrogens is 2. The van der Waals surface area contributed by atoms with E-state index in [-0.39, 0.29) is 0 Å². The predicted octanol–water partition coefficient (Wildman–Crippen LogP) is 8.61. The normalized spacial score (nSPS) is 12.3. The SMILES string of the molecule is Cc1ccc(-c2c3nc(cc4ccc([nH]4)c(-c4ccc(C)cc4)c4nc(cc5ccc2[nH]5)C=C4)C=C3)cc1. The van der Waals surface area contributed by atoms with E-state index < -0.39 is 0 Å². The van der Waals surface area contributed by atoms with Crippen LogP contribution in [-0.2, 0) is 0 Å². The van der Waals surface area contributed by atoms with E-state index in [0.29, 0.717) is 0 Å². The molecule has 2 aliphatic heterocycles. The fraction of sp³-hybridized carbons (Fsp3) is 0.0588. The molecule has 3 aromatic heterocycles. The molecule has 7 rings (SSSR count). The maximum absolute atomic E-state index is 5.02. The summed E-state index contributed by atoms with van der Waals surface area (Å²) in [6, 6.07) is 29.9. The van der Waals surface area contributed by atoms with Gasteiger partial charge in [0.15, 0.2) is 0 Å². The van der Waals surface area contributed by atoms with Crippen molar-refractivity contribution in [1.29, 1.82) is 0 Å². The van der Waals surface area contributed by atoms with E-state index in [2.05, 4.69) is 133 Å². The first-order valence-electron chi connectivity index (χ1n) is 12.8. The van der Waals surface area contributed by atoms with Gasteiger partial charge in [-0.3, -0.25) is 0 Å². The number of nitrogens with zero attached hydrogens (tertiary/aromatic N) is 2. The molecule has 2 aromatic carbocycles. The highest BCUT2D eigenvalue weighted by atomic mass is 14.8. The average molecular weight is 491 g/mol. The third-order valence-electron chi connectivity index (χ3n) is 7.08. The first-order chi connectivity index (χ1) is 18.6. The summed E-state index contributed by atoms with van der Waals surface area (Å²) >= 11 is 0. The van der Waals surface area contributed by atoms with Crippen LogP contribution in [0.15, 0.2) is 84.9 Å². The van der Waals surface area contributed by atoms with Gasteiger partial charge in [-0.25, -0.2) is 9.97 Å². The summed E-state index contributed by atoms with van der Waals surface area (Å²) in [7, 11) is 0. The van der Waals surface area contributed by atoms with Crippen LogP contribution >= 0.6 is 0 Å². The van der Waals surface area contributed by atoms with Gasteiger partial charge in [0.2, 0.25) is 0 Å². The van der Waals surface area contributed by atoms with Crippen molar-refractivity contribution in [1.82, 2.24) is 19.9 Å². The Kier molecular flexibility index (Phi) is 5.19. The number of nitrogens with one attached hydrogen (secondary N) is 2. The quantitative estimate of drug-likeness (QED) is 0.255. The lowest BCUT2D eigenvalue weighted by Crippen LogP contribution is -1.86. The van der Waals surface area contributed by atoms with Crippen LogP contribution in [0.3, 0.4) is 0 Å². The van der Waals surface area contributed by atoms with Gasteiger partial charge in [0.05, 0.1) is 22.8 Å². The second-order valence-electron chi connectivity index (χ2n) is 9.94. The van der Waals surface area contributed by atoms with Crippen molar-refractivity contribution in [3.8, 4) is 22.3 Å². The number of rotatable bonds is 2. The van der Waals surface area contributed by atoms with Crippen molar-refractivity contribution >= 4 is 46.4 Å². The maximum Gasteiger partial charge on any atom is 0.0736 e. The molecule has 2 aliphatic rings. The Labute approximate surface area is 221 Å². The fourth-order valence-corrected chi connectivity index (χ4v) is 5.12. The highest BCUT2D eigenvalue weighted by molar-refractivity contribution is 5.93. The zero-order valence-electron chi connectivity index (χ0n) is 21.3. The smallest absolute Gasteiger partial charge is 0.0736 e. The molecule has 4 heteroatoms. The minimum absolute atomic E-state index is 0.911. The number of fused-ring (bicyclic) bond motifs is 8. The molecule has 0 radical (unpaired) electrons. The summed E-state index contributed by atoms with van der Waals surface area (Å²) in [6.07, 6.45) is 8.35. The van der Waals surface area contributed by atoms with Crippen molar-refractivity contribution in [2.45, 2.75) is 13.8 Å². The lowest BCUT2D eigenvalue weighted by Gasteiger charge is -2.04. The van der Waals surface area contributed by atoms with Crippen LogP contribution in [0.2, 0.25) is 0 Å². The summed E-state index contributed by atoms with van der Waals surface area (Å²) < 4.78 is 0. The molecule has 0 saturated heterocycles. The third-order valence-corrected chi connectivity index (χ3v) is 7.08. The van der Waals surface area contributed by atoms with Crippen molar-refractivity contribution in [2.75, 3.05) is 0 Å². The molecule has 0 unspecified atom stereocenters. The van der Waals surface area contributed by atoms with E-state index in [4.69, 9.17) is 9.97 Å². The van der Waals surface area contributed by atoms with Crippen LogP contribution in [0.25, 0.3) is 68.6 Å². The first-order valence-corrected chi connectivity index (χ1v) is 12.8. The van der Waals surface area contributed by atoms with Crippen LogP contribution < -0.4 is 0 Å². The van der Waals surface area contributed by atoms with Crippen molar-refractivity contribution < 1.29 is 0 Å². The molecule has 8 bridgehead atoms. The Hall–Kier alpha value is -4.96. The Morgan fingerprint density at radius 1 is 0.474 bits per heavy atom. The summed E-state index contributed by atoms with van der Waals surface area (Å²) in [4.78, 5) is 17.3. The molecule has 0 atom stereocenters. The van der Waals surface area contributed by atoms with E-state index in [1.807, 2.05) is 0 Å². The maximum atomic E-state index is 5.02. The number of aromatic nitrogens is 4. The van der Waals surface area contributed by atoms with Gasteiger partial charge >= 0.3 is 0 Å². The summed E-state index contributed by atoms with van der Waals surface area (Å²) in [5.41, 5.74) is 14.6. The zero-order chi connectivity index (χ0) is 25.6. The summed E-state index contributed by atoms with van der Waals surface area (Å²) in [5, 5.41) is 0. The highest BCUT2D eigenvalue weighted by Gasteiger charge is 2.13. The standard InChI is InChI=1S/C34H26N4/c1-21-3-7-23(8-4-21)33-29-15-11-25(35-29)19-27-13-17-31(37-27)34(24-9-5-22(2)6-10-24)32-18-14-28(38-32)20-26-12-16-30(33)36-26/h3-20,35,38H,1-2H3. The van der Waals surface area contributed by atoms with E-state index in [1.54, 1.807) is 0 Å². The molecular weight excluding hydrogens is 464 g/mol. The molecular formula is C34H26N4. The Balaban J connectivity index is 1.56. The van der Waals surface area contributed by atoms with Gasteiger partial charge in [-0.1, -0.05) is 59.7 Å². The van der Waals surface area contributed by atoms with Crippen LogP contribution in [0, 0.1) is 13.8 Å². The summed E-state index contributed by atoms with van der Waals surface area (Å²) in [5.74, 6) is 0. The fourth-order valence-electron chi connectivity index (χ4n) is 5.12. The van der Waals surface area contributed by atoms with Gasteiger partial charge in [-0.2, -0.15) is 0 Å². The summed E-state index contributed by atoms with van der Waals surface area (Å²) in [6.45, 7) is 4.22. The van der Waals surface area contributed by atoms with Crippen LogP contribution in [0.1, 0.15) is 33.9 Å². The predicted molar refractivity (Wildman–Crippen MR) is 159 cm³/mol. The topological polar surface area (TPSA) is 57.4 Å². The molecule has 182 valence electrons. The highest BCUT2D eigenvalue weighted by Crippen LogP contribution is 2.32.